The van der Waals surface area contributed by atoms with Gasteiger partial charge in [0, 0.05) is 44.4 Å². The molecule has 0 spiro atoms. The molecule has 1 aromatic carbocycles. The minimum atomic E-state index is -2.06. The molecule has 2 amide bonds. The van der Waals surface area contributed by atoms with E-state index < -0.39 is 41.0 Å². The largest absolute Gasteiger partial charge is 0.593 e. The summed E-state index contributed by atoms with van der Waals surface area (Å²) in [6.45, 7) is 5.31. The molecule has 3 atom stereocenters. The topological polar surface area (TPSA) is 116 Å². The average Bonchev–Trinajstić information content (AvgIpc) is 3.34. The van der Waals surface area contributed by atoms with Crippen molar-refractivity contribution in [1.29, 1.82) is 0 Å². The van der Waals surface area contributed by atoms with Crippen molar-refractivity contribution in [3.8, 4) is 0 Å². The summed E-state index contributed by atoms with van der Waals surface area (Å²) in [5, 5.41) is 2.43. The number of aryl methyl sites for hydroxylation is 2. The Morgan fingerprint density at radius 2 is 2.00 bits per heavy atom. The van der Waals surface area contributed by atoms with Crippen molar-refractivity contribution in [2.45, 2.75) is 31.7 Å². The molecule has 0 saturated carbocycles. The molecule has 2 heterocycles. The molecule has 1 aromatic heterocycles. The number of likely N-dealkylation sites (tertiary alicyclic amines) is 1. The maximum atomic E-state index is 15.3. The van der Waals surface area contributed by atoms with Gasteiger partial charge in [0.05, 0.1) is 30.2 Å². The van der Waals surface area contributed by atoms with E-state index >= 15 is 4.39 Å². The highest BCUT2D eigenvalue weighted by molar-refractivity contribution is 8.13. The van der Waals surface area contributed by atoms with Crippen LogP contribution >= 0.6 is 11.8 Å². The summed E-state index contributed by atoms with van der Waals surface area (Å²) in [4.78, 5) is 37.6. The number of amides is 2. The van der Waals surface area contributed by atoms with Crippen molar-refractivity contribution < 1.29 is 32.5 Å². The second-order valence-electron chi connectivity index (χ2n) is 8.34. The number of ether oxygens (including phenoxy) is 1. The summed E-state index contributed by atoms with van der Waals surface area (Å²) in [6, 6.07) is 3.47. The number of carbonyl (C=O) groups is 3. The molecule has 0 aliphatic carbocycles. The molecule has 3 unspecified atom stereocenters. The quantitative estimate of drug-likeness (QED) is 0.492. The Morgan fingerprint density at radius 1 is 1.28 bits per heavy atom. The SMILES string of the molecule is CCOC(=O)N1CC(CSC(C)=O)C(N[S+]([O-])c2cn(C)c(C(=O)Nc3ccc(F)c(C)c3)c2F)C1. The first-order valence-corrected chi connectivity index (χ1v) is 13.3. The molecule has 3 rings (SSSR count). The van der Waals surface area contributed by atoms with Gasteiger partial charge in [-0.1, -0.05) is 11.8 Å². The van der Waals surface area contributed by atoms with Crippen molar-refractivity contribution in [2.75, 3.05) is 30.8 Å². The number of thioether (sulfide) groups is 1. The molecule has 0 bridgehead atoms. The Kier molecular flexibility index (Phi) is 9.39. The van der Waals surface area contributed by atoms with Crippen molar-refractivity contribution in [1.82, 2.24) is 14.2 Å². The molecule has 0 radical (unpaired) electrons. The molecule has 1 saturated heterocycles. The lowest BCUT2D eigenvalue weighted by Gasteiger charge is -2.19. The standard InChI is InChI=1S/C23H28F2N4O5S2/c1-5-34-23(32)29-9-15(12-35-14(3)30)18(10-29)27-36(33)19-11-28(4)21(20(19)25)22(31)26-16-6-7-17(24)13(2)8-16/h6-8,11,15,18,27H,5,9-10,12H2,1-4H3,(H,26,31). The van der Waals surface area contributed by atoms with E-state index in [2.05, 4.69) is 10.0 Å². The van der Waals surface area contributed by atoms with Gasteiger partial charge in [0.15, 0.2) is 5.12 Å². The molecule has 1 fully saturated rings. The van der Waals surface area contributed by atoms with Crippen LogP contribution in [0.25, 0.3) is 0 Å². The first kappa shape index (κ1) is 28.0. The minimum Gasteiger partial charge on any atom is -0.593 e. The van der Waals surface area contributed by atoms with E-state index in [9.17, 15) is 23.3 Å². The number of aromatic nitrogens is 1. The van der Waals surface area contributed by atoms with Crippen molar-refractivity contribution >= 4 is 45.9 Å². The van der Waals surface area contributed by atoms with Crippen LogP contribution in [0, 0.1) is 24.5 Å². The Bertz CT molecular complexity index is 1150. The van der Waals surface area contributed by atoms with Crippen LogP contribution in [0.3, 0.4) is 0 Å². The predicted molar refractivity (Wildman–Crippen MR) is 133 cm³/mol. The van der Waals surface area contributed by atoms with Crippen molar-refractivity contribution in [2.24, 2.45) is 13.0 Å². The van der Waals surface area contributed by atoms with Crippen LogP contribution in [-0.2, 0) is 27.9 Å². The number of halogens is 2. The maximum absolute atomic E-state index is 15.3. The highest BCUT2D eigenvalue weighted by Gasteiger charge is 2.40. The van der Waals surface area contributed by atoms with Crippen LogP contribution in [0.5, 0.6) is 0 Å². The van der Waals surface area contributed by atoms with Crippen LogP contribution in [0.15, 0.2) is 29.3 Å². The Morgan fingerprint density at radius 3 is 2.64 bits per heavy atom. The summed E-state index contributed by atoms with van der Waals surface area (Å²) in [5.41, 5.74) is 0.263. The monoisotopic (exact) mass is 542 g/mol. The normalized spacial score (nSPS) is 18.2. The van der Waals surface area contributed by atoms with Gasteiger partial charge in [-0.05, 0) is 37.6 Å². The minimum absolute atomic E-state index is 0.0921. The summed E-state index contributed by atoms with van der Waals surface area (Å²) >= 11 is -0.972. The van der Waals surface area contributed by atoms with Crippen LogP contribution in [0.1, 0.15) is 29.9 Å². The van der Waals surface area contributed by atoms with Gasteiger partial charge < -0.3 is 24.1 Å². The van der Waals surface area contributed by atoms with Crippen molar-refractivity contribution in [3.05, 3.63) is 47.3 Å². The molecule has 1 aliphatic heterocycles. The van der Waals surface area contributed by atoms with Gasteiger partial charge in [-0.25, -0.2) is 9.18 Å². The van der Waals surface area contributed by atoms with E-state index in [1.807, 2.05) is 0 Å². The van der Waals surface area contributed by atoms with Crippen molar-refractivity contribution in [3.63, 3.8) is 0 Å². The number of rotatable bonds is 8. The first-order valence-electron chi connectivity index (χ1n) is 11.2. The summed E-state index contributed by atoms with van der Waals surface area (Å²) in [7, 11) is 1.44. The van der Waals surface area contributed by atoms with Gasteiger partial charge >= 0.3 is 6.09 Å². The molecular weight excluding hydrogens is 514 g/mol. The highest BCUT2D eigenvalue weighted by atomic mass is 32.2. The van der Waals surface area contributed by atoms with Crippen LogP contribution < -0.4 is 10.0 Å². The number of hydrogen-bond acceptors (Lipinski definition) is 7. The van der Waals surface area contributed by atoms with E-state index in [0.717, 1.165) is 11.8 Å². The Labute approximate surface area is 215 Å². The van der Waals surface area contributed by atoms with Crippen LogP contribution in [0.4, 0.5) is 19.3 Å². The number of nitrogens with zero attached hydrogens (tertiary/aromatic N) is 2. The highest BCUT2D eigenvalue weighted by Crippen LogP contribution is 2.27. The fraction of sp³-hybridized carbons (Fsp3) is 0.435. The zero-order valence-corrected chi connectivity index (χ0v) is 21.9. The van der Waals surface area contributed by atoms with Gasteiger partial charge in [-0.15, -0.1) is 4.72 Å². The molecular formula is C23H28F2N4O5S2. The zero-order chi connectivity index (χ0) is 26.6. The number of benzene rings is 1. The summed E-state index contributed by atoms with van der Waals surface area (Å²) in [5.74, 6) is -2.04. The Hall–Kier alpha value is -2.61. The second kappa shape index (κ2) is 12.1. The number of carbonyl (C=O) groups excluding carboxylic acids is 3. The van der Waals surface area contributed by atoms with E-state index in [0.29, 0.717) is 11.3 Å². The van der Waals surface area contributed by atoms with Gasteiger partial charge in [0.2, 0.25) is 10.7 Å². The fourth-order valence-corrected chi connectivity index (χ4v) is 5.80. The lowest BCUT2D eigenvalue weighted by atomic mass is 10.1. The molecule has 2 aromatic rings. The van der Waals surface area contributed by atoms with E-state index in [1.165, 1.54) is 54.8 Å². The third-order valence-electron chi connectivity index (χ3n) is 5.64. The molecule has 1 aliphatic rings. The number of anilines is 1. The van der Waals surface area contributed by atoms with Crippen LogP contribution in [0.2, 0.25) is 0 Å². The Balaban J connectivity index is 1.75. The fourth-order valence-electron chi connectivity index (χ4n) is 3.83. The molecule has 9 nitrogen and oxygen atoms in total. The molecule has 196 valence electrons. The zero-order valence-electron chi connectivity index (χ0n) is 20.3. The van der Waals surface area contributed by atoms with E-state index in [1.54, 1.807) is 6.92 Å². The molecule has 2 N–H and O–H groups in total. The summed E-state index contributed by atoms with van der Waals surface area (Å²) in [6.07, 6.45) is 0.729. The third kappa shape index (κ3) is 6.58. The third-order valence-corrected chi connectivity index (χ3v) is 7.85. The smallest absolute Gasteiger partial charge is 0.409 e. The van der Waals surface area contributed by atoms with Gasteiger partial charge in [-0.2, -0.15) is 4.39 Å². The molecule has 36 heavy (non-hydrogen) atoms. The summed E-state index contributed by atoms with van der Waals surface area (Å²) < 4.78 is 51.0. The van der Waals surface area contributed by atoms with Crippen LogP contribution in [-0.4, -0.2) is 62.6 Å². The van der Waals surface area contributed by atoms with E-state index in [4.69, 9.17) is 4.74 Å². The first-order chi connectivity index (χ1) is 17.0. The van der Waals surface area contributed by atoms with E-state index in [-0.39, 0.29) is 47.0 Å². The predicted octanol–water partition coefficient (Wildman–Crippen LogP) is 3.21. The lowest BCUT2D eigenvalue weighted by molar-refractivity contribution is -0.109. The lowest BCUT2D eigenvalue weighted by Crippen LogP contribution is -2.41. The average molecular weight is 543 g/mol. The molecule has 13 heteroatoms. The van der Waals surface area contributed by atoms with Gasteiger partial charge in [-0.3, -0.25) is 9.59 Å². The van der Waals surface area contributed by atoms with Gasteiger partial charge in [0.25, 0.3) is 5.91 Å². The number of nitrogens with one attached hydrogen (secondary N) is 2. The second-order valence-corrected chi connectivity index (χ2v) is 10.8. The van der Waals surface area contributed by atoms with Gasteiger partial charge in [0.1, 0.15) is 11.5 Å². The maximum Gasteiger partial charge on any atom is 0.409 e. The number of hydrogen-bond donors (Lipinski definition) is 2.